The number of rotatable bonds is 3. The summed E-state index contributed by atoms with van der Waals surface area (Å²) in [4.78, 5) is 19.1. The van der Waals surface area contributed by atoms with E-state index in [0.29, 0.717) is 35.3 Å². The van der Waals surface area contributed by atoms with Crippen LogP contribution in [0.3, 0.4) is 0 Å². The van der Waals surface area contributed by atoms with Gasteiger partial charge < -0.3 is 9.64 Å². The van der Waals surface area contributed by atoms with Gasteiger partial charge in [0.2, 0.25) is 0 Å². The van der Waals surface area contributed by atoms with Crippen molar-refractivity contribution in [3.8, 4) is 22.0 Å². The minimum absolute atomic E-state index is 0.237. The molecule has 0 aliphatic carbocycles. The fourth-order valence-electron chi connectivity index (χ4n) is 3.20. The Morgan fingerprint density at radius 2 is 2.03 bits per heavy atom. The number of ether oxygens (including phenoxy) is 1. The van der Waals surface area contributed by atoms with Crippen LogP contribution in [0.1, 0.15) is 10.5 Å². The molecular formula is C21H15FN4O2S. The van der Waals surface area contributed by atoms with Crippen molar-refractivity contribution in [3.05, 3.63) is 77.8 Å². The van der Waals surface area contributed by atoms with Gasteiger partial charge in [-0.1, -0.05) is 18.2 Å². The summed E-state index contributed by atoms with van der Waals surface area (Å²) in [7, 11) is 0. The molecule has 0 saturated heterocycles. The average Bonchev–Trinajstić information content (AvgIpc) is 3.43. The lowest BCUT2D eigenvalue weighted by Gasteiger charge is -2.28. The van der Waals surface area contributed by atoms with Crippen LogP contribution < -0.4 is 9.64 Å². The number of aromatic nitrogens is 3. The number of benzene rings is 2. The van der Waals surface area contributed by atoms with Crippen LogP contribution in [-0.4, -0.2) is 33.8 Å². The van der Waals surface area contributed by atoms with Crippen molar-refractivity contribution in [2.24, 2.45) is 0 Å². The molecule has 0 spiro atoms. The van der Waals surface area contributed by atoms with E-state index < -0.39 is 5.82 Å². The first-order valence-corrected chi connectivity index (χ1v) is 9.87. The van der Waals surface area contributed by atoms with Crippen LogP contribution in [0, 0.1) is 5.82 Å². The van der Waals surface area contributed by atoms with Crippen molar-refractivity contribution in [2.45, 2.75) is 0 Å². The van der Waals surface area contributed by atoms with E-state index in [1.807, 2.05) is 36.5 Å². The number of halogens is 1. The molecule has 1 amide bonds. The molecule has 144 valence electrons. The molecule has 2 aromatic carbocycles. The number of anilines is 1. The van der Waals surface area contributed by atoms with Crippen LogP contribution in [-0.2, 0) is 0 Å². The van der Waals surface area contributed by atoms with E-state index in [4.69, 9.17) is 4.74 Å². The lowest BCUT2D eigenvalue weighted by molar-refractivity contribution is 0.0972. The summed E-state index contributed by atoms with van der Waals surface area (Å²) >= 11 is 1.38. The number of amides is 1. The number of thiazole rings is 1. The third-order valence-electron chi connectivity index (χ3n) is 4.60. The highest BCUT2D eigenvalue weighted by Crippen LogP contribution is 2.33. The molecule has 0 bridgehead atoms. The van der Waals surface area contributed by atoms with Gasteiger partial charge in [-0.25, -0.2) is 14.1 Å². The standard InChI is InChI=1S/C21H15FN4O2S/c22-15-6-7-18-19(10-15)28-9-8-25(18)21(27)17-13-29-20(24-17)14-11-23-26(12-14)16-4-2-1-3-5-16/h1-7,10-13H,8-9H2. The smallest absolute Gasteiger partial charge is 0.277 e. The number of carbonyl (C=O) groups is 1. The topological polar surface area (TPSA) is 60.2 Å². The normalized spacial score (nSPS) is 13.1. The van der Waals surface area contributed by atoms with Crippen molar-refractivity contribution >= 4 is 22.9 Å². The fraction of sp³-hybridized carbons (Fsp3) is 0.0952. The predicted molar refractivity (Wildman–Crippen MR) is 108 cm³/mol. The molecule has 0 unspecified atom stereocenters. The molecule has 8 heteroatoms. The van der Waals surface area contributed by atoms with Crippen LogP contribution in [0.25, 0.3) is 16.3 Å². The number of fused-ring (bicyclic) bond motifs is 1. The minimum atomic E-state index is -0.399. The summed E-state index contributed by atoms with van der Waals surface area (Å²) in [5.74, 6) is -0.271. The number of para-hydroxylation sites is 1. The van der Waals surface area contributed by atoms with Gasteiger partial charge in [-0.2, -0.15) is 5.10 Å². The Balaban J connectivity index is 1.41. The zero-order valence-electron chi connectivity index (χ0n) is 15.2. The Labute approximate surface area is 169 Å². The summed E-state index contributed by atoms with van der Waals surface area (Å²) in [6.07, 6.45) is 3.61. The maximum atomic E-state index is 13.5. The molecule has 0 fully saturated rings. The van der Waals surface area contributed by atoms with E-state index in [1.54, 1.807) is 27.2 Å². The van der Waals surface area contributed by atoms with Crippen LogP contribution in [0.4, 0.5) is 10.1 Å². The highest BCUT2D eigenvalue weighted by atomic mass is 32.1. The largest absolute Gasteiger partial charge is 0.489 e. The Bertz CT molecular complexity index is 1190. The van der Waals surface area contributed by atoms with Crippen LogP contribution in [0.15, 0.2) is 66.3 Å². The molecule has 1 aliphatic rings. The maximum Gasteiger partial charge on any atom is 0.277 e. The molecule has 4 aromatic rings. The van der Waals surface area contributed by atoms with E-state index >= 15 is 0 Å². The second kappa shape index (κ2) is 7.14. The quantitative estimate of drug-likeness (QED) is 0.512. The summed E-state index contributed by atoms with van der Waals surface area (Å²) < 4.78 is 20.7. The van der Waals surface area contributed by atoms with E-state index in [2.05, 4.69) is 10.1 Å². The molecule has 1 aliphatic heterocycles. The summed E-state index contributed by atoms with van der Waals surface area (Å²) in [6, 6.07) is 13.9. The van der Waals surface area contributed by atoms with Gasteiger partial charge in [0.25, 0.3) is 5.91 Å². The van der Waals surface area contributed by atoms with E-state index in [0.717, 1.165) is 11.3 Å². The lowest BCUT2D eigenvalue weighted by Crippen LogP contribution is -2.38. The third-order valence-corrected chi connectivity index (χ3v) is 5.50. The molecule has 0 atom stereocenters. The van der Waals surface area contributed by atoms with Crippen LogP contribution in [0.2, 0.25) is 0 Å². The molecule has 29 heavy (non-hydrogen) atoms. The Morgan fingerprint density at radius 3 is 2.90 bits per heavy atom. The molecule has 6 nitrogen and oxygen atoms in total. The van der Waals surface area contributed by atoms with E-state index in [9.17, 15) is 9.18 Å². The monoisotopic (exact) mass is 406 g/mol. The number of carbonyl (C=O) groups excluding carboxylic acids is 1. The highest BCUT2D eigenvalue weighted by Gasteiger charge is 2.27. The van der Waals surface area contributed by atoms with Crippen molar-refractivity contribution in [3.63, 3.8) is 0 Å². The predicted octanol–water partition coefficient (Wildman–Crippen LogP) is 4.17. The average molecular weight is 406 g/mol. The first kappa shape index (κ1) is 17.6. The second-order valence-corrected chi connectivity index (χ2v) is 7.32. The zero-order valence-corrected chi connectivity index (χ0v) is 16.0. The van der Waals surface area contributed by atoms with Crippen LogP contribution >= 0.6 is 11.3 Å². The van der Waals surface area contributed by atoms with Gasteiger partial charge in [0.15, 0.2) is 0 Å². The van der Waals surface area contributed by atoms with Gasteiger partial charge in [0, 0.05) is 23.2 Å². The molecule has 3 heterocycles. The van der Waals surface area contributed by atoms with Crippen molar-refractivity contribution in [1.82, 2.24) is 14.8 Å². The molecule has 0 saturated carbocycles. The Kier molecular flexibility index (Phi) is 4.33. The van der Waals surface area contributed by atoms with Crippen LogP contribution in [0.5, 0.6) is 5.75 Å². The first-order valence-electron chi connectivity index (χ1n) is 8.99. The summed E-state index contributed by atoms with van der Waals surface area (Å²) in [5, 5.41) is 6.82. The Morgan fingerprint density at radius 1 is 1.17 bits per heavy atom. The first-order chi connectivity index (χ1) is 14.2. The number of nitrogens with zero attached hydrogens (tertiary/aromatic N) is 4. The maximum absolute atomic E-state index is 13.5. The highest BCUT2D eigenvalue weighted by molar-refractivity contribution is 7.13. The molecule has 0 radical (unpaired) electrons. The number of hydrogen-bond donors (Lipinski definition) is 0. The minimum Gasteiger partial charge on any atom is -0.489 e. The Hall–Kier alpha value is -3.52. The summed E-state index contributed by atoms with van der Waals surface area (Å²) in [5.41, 5.74) is 2.68. The lowest BCUT2D eigenvalue weighted by atomic mass is 10.2. The third kappa shape index (κ3) is 3.27. The molecule has 2 aromatic heterocycles. The fourth-order valence-corrected chi connectivity index (χ4v) is 3.97. The summed E-state index contributed by atoms with van der Waals surface area (Å²) in [6.45, 7) is 0.694. The van der Waals surface area contributed by atoms with Gasteiger partial charge in [0.05, 0.1) is 24.1 Å². The molecule has 0 N–H and O–H groups in total. The SMILES string of the molecule is O=C(c1csc(-c2cnn(-c3ccccc3)c2)n1)N1CCOc2cc(F)ccc21. The van der Waals surface area contributed by atoms with Gasteiger partial charge in [-0.05, 0) is 24.3 Å². The van der Waals surface area contributed by atoms with E-state index in [-0.39, 0.29) is 5.91 Å². The zero-order chi connectivity index (χ0) is 19.8. The molecular weight excluding hydrogens is 391 g/mol. The van der Waals surface area contributed by atoms with Gasteiger partial charge >= 0.3 is 0 Å². The van der Waals surface area contributed by atoms with E-state index in [1.165, 1.54) is 23.5 Å². The van der Waals surface area contributed by atoms with Crippen molar-refractivity contribution in [2.75, 3.05) is 18.1 Å². The second-order valence-electron chi connectivity index (χ2n) is 6.46. The van der Waals surface area contributed by atoms with Crippen molar-refractivity contribution in [1.29, 1.82) is 0 Å². The van der Waals surface area contributed by atoms with Gasteiger partial charge in [-0.15, -0.1) is 11.3 Å². The molecule has 5 rings (SSSR count). The van der Waals surface area contributed by atoms with Gasteiger partial charge in [-0.3, -0.25) is 4.79 Å². The number of hydrogen-bond acceptors (Lipinski definition) is 5. The van der Waals surface area contributed by atoms with Gasteiger partial charge in [0.1, 0.15) is 28.9 Å². The van der Waals surface area contributed by atoms with Crippen molar-refractivity contribution < 1.29 is 13.9 Å².